The highest BCUT2D eigenvalue weighted by Crippen LogP contribution is 1.97. The van der Waals surface area contributed by atoms with Crippen molar-refractivity contribution in [1.29, 1.82) is 0 Å². The Morgan fingerprint density at radius 1 is 1.70 bits per heavy atom. The predicted octanol–water partition coefficient (Wildman–Crippen LogP) is 2.09. The third kappa shape index (κ3) is 1.92. The molecule has 0 bridgehead atoms. The van der Waals surface area contributed by atoms with Gasteiger partial charge in [-0.25, -0.2) is 4.98 Å². The molecule has 1 N–H and O–H groups in total. The lowest BCUT2D eigenvalue weighted by atomic mass is 10.2. The molecule has 2 nitrogen and oxygen atoms in total. The van der Waals surface area contributed by atoms with Gasteiger partial charge in [0, 0.05) is 12.4 Å². The average Bonchev–Trinajstić information content (AvgIpc) is 1.95. The summed E-state index contributed by atoms with van der Waals surface area (Å²) in [6.07, 6.45) is 5.95. The second kappa shape index (κ2) is 3.46. The van der Waals surface area contributed by atoms with E-state index in [1.165, 1.54) is 5.56 Å². The van der Waals surface area contributed by atoms with Crippen molar-refractivity contribution in [3.63, 3.8) is 0 Å². The van der Waals surface area contributed by atoms with Gasteiger partial charge in [-0.05, 0) is 24.2 Å². The molecule has 0 saturated heterocycles. The van der Waals surface area contributed by atoms with Crippen LogP contribution < -0.4 is 0 Å². The van der Waals surface area contributed by atoms with E-state index in [0.717, 1.165) is 12.8 Å². The van der Waals surface area contributed by atoms with Crippen LogP contribution in [0.2, 0.25) is 0 Å². The van der Waals surface area contributed by atoms with E-state index in [1.54, 1.807) is 0 Å². The van der Waals surface area contributed by atoms with Crippen LogP contribution in [0.25, 0.3) is 0 Å². The highest BCUT2D eigenvalue weighted by Gasteiger charge is 1.87. The summed E-state index contributed by atoms with van der Waals surface area (Å²) in [5, 5.41) is 0. The fourth-order valence-electron chi connectivity index (χ4n) is 0.796. The molecular formula is C7H10N2S. The molecule has 1 rings (SSSR count). The number of nitrogens with one attached hydrogen (secondary N) is 1. The van der Waals surface area contributed by atoms with Gasteiger partial charge in [-0.15, -0.1) is 0 Å². The Bertz CT molecular complexity index is 234. The first-order valence-electron chi connectivity index (χ1n) is 3.36. The van der Waals surface area contributed by atoms with Crippen LogP contribution in [-0.4, -0.2) is 9.97 Å². The molecule has 0 aliphatic carbocycles. The monoisotopic (exact) mass is 154 g/mol. The maximum absolute atomic E-state index is 4.79. The molecule has 0 saturated carbocycles. The van der Waals surface area contributed by atoms with E-state index in [-0.39, 0.29) is 0 Å². The first-order chi connectivity index (χ1) is 4.83. The topological polar surface area (TPSA) is 28.7 Å². The summed E-state index contributed by atoms with van der Waals surface area (Å²) in [6, 6.07) is 0. The number of aromatic amines is 1. The Balaban J connectivity index is 2.79. The van der Waals surface area contributed by atoms with Gasteiger partial charge in [0.15, 0.2) is 4.77 Å². The largest absolute Gasteiger partial charge is 0.337 e. The third-order valence-corrected chi connectivity index (χ3v) is 1.49. The van der Waals surface area contributed by atoms with Gasteiger partial charge in [-0.2, -0.15) is 0 Å². The molecular weight excluding hydrogens is 144 g/mol. The summed E-state index contributed by atoms with van der Waals surface area (Å²) in [7, 11) is 0. The zero-order chi connectivity index (χ0) is 7.40. The van der Waals surface area contributed by atoms with Crippen molar-refractivity contribution in [2.24, 2.45) is 0 Å². The maximum atomic E-state index is 4.79. The molecule has 0 radical (unpaired) electrons. The first kappa shape index (κ1) is 7.41. The van der Waals surface area contributed by atoms with Crippen LogP contribution in [-0.2, 0) is 6.42 Å². The molecule has 0 unspecified atom stereocenters. The van der Waals surface area contributed by atoms with Gasteiger partial charge in [0.1, 0.15) is 0 Å². The SMILES string of the molecule is CCCc1cnc(=S)[nH]c1. The molecule has 1 aromatic heterocycles. The highest BCUT2D eigenvalue weighted by molar-refractivity contribution is 7.71. The number of H-pyrrole nitrogens is 1. The quantitative estimate of drug-likeness (QED) is 0.661. The van der Waals surface area contributed by atoms with Crippen molar-refractivity contribution in [2.75, 3.05) is 0 Å². The number of hydrogen-bond donors (Lipinski definition) is 1. The van der Waals surface area contributed by atoms with Gasteiger partial charge < -0.3 is 4.98 Å². The fraction of sp³-hybridized carbons (Fsp3) is 0.429. The zero-order valence-corrected chi connectivity index (χ0v) is 6.74. The summed E-state index contributed by atoms with van der Waals surface area (Å²) in [4.78, 5) is 6.85. The minimum atomic E-state index is 0.555. The summed E-state index contributed by atoms with van der Waals surface area (Å²) >= 11 is 4.79. The van der Waals surface area contributed by atoms with Crippen LogP contribution in [0.1, 0.15) is 18.9 Å². The van der Waals surface area contributed by atoms with E-state index in [9.17, 15) is 0 Å². The third-order valence-electron chi connectivity index (χ3n) is 1.27. The standard InChI is InChI=1S/C7H10N2S/c1-2-3-6-4-8-7(10)9-5-6/h4-5H,2-3H2,1H3,(H,8,9,10). The van der Waals surface area contributed by atoms with Crippen molar-refractivity contribution in [2.45, 2.75) is 19.8 Å². The van der Waals surface area contributed by atoms with E-state index in [2.05, 4.69) is 16.9 Å². The van der Waals surface area contributed by atoms with Crippen molar-refractivity contribution in [3.05, 3.63) is 22.7 Å². The molecule has 1 aromatic rings. The van der Waals surface area contributed by atoms with Crippen molar-refractivity contribution >= 4 is 12.2 Å². The van der Waals surface area contributed by atoms with Gasteiger partial charge in [0.25, 0.3) is 0 Å². The highest BCUT2D eigenvalue weighted by atomic mass is 32.1. The maximum Gasteiger partial charge on any atom is 0.196 e. The first-order valence-corrected chi connectivity index (χ1v) is 3.77. The Morgan fingerprint density at radius 3 is 3.00 bits per heavy atom. The smallest absolute Gasteiger partial charge is 0.196 e. The molecule has 0 spiro atoms. The van der Waals surface area contributed by atoms with Crippen LogP contribution in [0.4, 0.5) is 0 Å². The predicted molar refractivity (Wildman–Crippen MR) is 43.4 cm³/mol. The molecule has 10 heavy (non-hydrogen) atoms. The lowest BCUT2D eigenvalue weighted by Gasteiger charge is -1.94. The Labute approximate surface area is 65.3 Å². The lowest BCUT2D eigenvalue weighted by Crippen LogP contribution is -1.87. The van der Waals surface area contributed by atoms with E-state index in [1.807, 2.05) is 12.4 Å². The summed E-state index contributed by atoms with van der Waals surface area (Å²) in [5.41, 5.74) is 1.22. The Kier molecular flexibility index (Phi) is 2.57. The number of aromatic nitrogens is 2. The van der Waals surface area contributed by atoms with E-state index in [0.29, 0.717) is 4.77 Å². The van der Waals surface area contributed by atoms with Gasteiger partial charge in [0.05, 0.1) is 0 Å². The molecule has 0 aliphatic heterocycles. The minimum Gasteiger partial charge on any atom is -0.337 e. The van der Waals surface area contributed by atoms with Crippen molar-refractivity contribution in [1.82, 2.24) is 9.97 Å². The Morgan fingerprint density at radius 2 is 2.50 bits per heavy atom. The molecule has 54 valence electrons. The van der Waals surface area contributed by atoms with Crippen LogP contribution in [0.3, 0.4) is 0 Å². The van der Waals surface area contributed by atoms with Crippen molar-refractivity contribution < 1.29 is 0 Å². The summed E-state index contributed by atoms with van der Waals surface area (Å²) < 4.78 is 0.555. The van der Waals surface area contributed by atoms with Crippen molar-refractivity contribution in [3.8, 4) is 0 Å². The second-order valence-electron chi connectivity index (χ2n) is 2.18. The van der Waals surface area contributed by atoms with Crippen LogP contribution in [0.5, 0.6) is 0 Å². The van der Waals surface area contributed by atoms with Gasteiger partial charge in [-0.3, -0.25) is 0 Å². The van der Waals surface area contributed by atoms with Gasteiger partial charge >= 0.3 is 0 Å². The normalized spacial score (nSPS) is 9.70. The number of hydrogen-bond acceptors (Lipinski definition) is 2. The van der Waals surface area contributed by atoms with E-state index in [4.69, 9.17) is 12.2 Å². The van der Waals surface area contributed by atoms with E-state index < -0.39 is 0 Å². The Hall–Kier alpha value is -0.700. The number of nitrogens with zero attached hydrogens (tertiary/aromatic N) is 1. The molecule has 0 aliphatic rings. The fourth-order valence-corrected chi connectivity index (χ4v) is 0.908. The molecule has 3 heteroatoms. The average molecular weight is 154 g/mol. The van der Waals surface area contributed by atoms with Crippen LogP contribution in [0, 0.1) is 4.77 Å². The molecule has 0 aromatic carbocycles. The molecule has 0 amide bonds. The van der Waals surface area contributed by atoms with Gasteiger partial charge in [-0.1, -0.05) is 13.3 Å². The van der Waals surface area contributed by atoms with Crippen LogP contribution >= 0.6 is 12.2 Å². The lowest BCUT2D eigenvalue weighted by molar-refractivity contribution is 0.897. The zero-order valence-electron chi connectivity index (χ0n) is 5.92. The summed E-state index contributed by atoms with van der Waals surface area (Å²) in [5.74, 6) is 0. The molecule has 1 heterocycles. The number of aryl methyl sites for hydroxylation is 1. The molecule has 0 atom stereocenters. The van der Waals surface area contributed by atoms with E-state index >= 15 is 0 Å². The minimum absolute atomic E-state index is 0.555. The summed E-state index contributed by atoms with van der Waals surface area (Å²) in [6.45, 7) is 2.14. The van der Waals surface area contributed by atoms with Gasteiger partial charge in [0.2, 0.25) is 0 Å². The number of rotatable bonds is 2. The second-order valence-corrected chi connectivity index (χ2v) is 2.56. The van der Waals surface area contributed by atoms with Crippen LogP contribution in [0.15, 0.2) is 12.4 Å². The molecule has 0 fully saturated rings.